The maximum atomic E-state index is 12.5. The van der Waals surface area contributed by atoms with Crippen LogP contribution < -0.4 is 0 Å². The molecular formula is C14H22N2O3. The summed E-state index contributed by atoms with van der Waals surface area (Å²) >= 11 is 0. The topological polar surface area (TPSA) is 60.9 Å². The van der Waals surface area contributed by atoms with Crippen LogP contribution in [0.4, 0.5) is 4.79 Å². The molecule has 0 aromatic heterocycles. The van der Waals surface area contributed by atoms with Gasteiger partial charge in [0, 0.05) is 26.2 Å². The summed E-state index contributed by atoms with van der Waals surface area (Å²) in [6.45, 7) is 4.64. The molecule has 3 aliphatic rings. The minimum Gasteiger partial charge on any atom is -0.481 e. The average molecular weight is 266 g/mol. The van der Waals surface area contributed by atoms with Crippen molar-refractivity contribution in [2.24, 2.45) is 23.7 Å². The number of carbonyl (C=O) groups excluding carboxylic acids is 1. The van der Waals surface area contributed by atoms with Crippen LogP contribution in [0.2, 0.25) is 0 Å². The number of amides is 2. The van der Waals surface area contributed by atoms with Gasteiger partial charge in [-0.1, -0.05) is 13.3 Å². The molecule has 0 aromatic carbocycles. The van der Waals surface area contributed by atoms with Crippen molar-refractivity contribution in [1.29, 1.82) is 0 Å². The van der Waals surface area contributed by atoms with Crippen molar-refractivity contribution >= 4 is 12.0 Å². The number of likely N-dealkylation sites (tertiary alicyclic amines) is 2. The number of carboxylic acid groups (broad SMARTS) is 1. The number of hydrogen-bond donors (Lipinski definition) is 1. The summed E-state index contributed by atoms with van der Waals surface area (Å²) in [5.41, 5.74) is 0. The first-order chi connectivity index (χ1) is 9.06. The van der Waals surface area contributed by atoms with Gasteiger partial charge in [0.2, 0.25) is 0 Å². The van der Waals surface area contributed by atoms with Crippen molar-refractivity contribution in [2.45, 2.75) is 26.2 Å². The molecule has 3 rings (SSSR count). The summed E-state index contributed by atoms with van der Waals surface area (Å²) < 4.78 is 0. The lowest BCUT2D eigenvalue weighted by Gasteiger charge is -2.25. The second-order valence-electron chi connectivity index (χ2n) is 6.47. The first-order valence-electron chi connectivity index (χ1n) is 7.33. The third-order valence-electron chi connectivity index (χ3n) is 5.20. The number of hydrogen-bond acceptors (Lipinski definition) is 2. The molecule has 4 unspecified atom stereocenters. The number of carboxylic acids is 1. The molecule has 19 heavy (non-hydrogen) atoms. The van der Waals surface area contributed by atoms with Gasteiger partial charge in [0.1, 0.15) is 0 Å². The molecule has 5 heteroatoms. The molecule has 5 nitrogen and oxygen atoms in total. The van der Waals surface area contributed by atoms with E-state index in [-0.39, 0.29) is 11.9 Å². The molecular weight excluding hydrogens is 244 g/mol. The summed E-state index contributed by atoms with van der Waals surface area (Å²) in [6.07, 6.45) is 3.81. The predicted molar refractivity (Wildman–Crippen MR) is 69.7 cm³/mol. The Bertz CT molecular complexity index is 386. The third kappa shape index (κ3) is 2.19. The number of rotatable bonds is 1. The van der Waals surface area contributed by atoms with Gasteiger partial charge in [-0.2, -0.15) is 0 Å². The summed E-state index contributed by atoms with van der Waals surface area (Å²) in [6, 6.07) is 0.0602. The van der Waals surface area contributed by atoms with Crippen molar-refractivity contribution in [2.75, 3.05) is 26.2 Å². The maximum Gasteiger partial charge on any atom is 0.320 e. The SMILES string of the molecule is CC1CN(C(=O)N2CC3CCCC3C2)CC1C(=O)O. The Hall–Kier alpha value is -1.26. The minimum atomic E-state index is -0.777. The lowest BCUT2D eigenvalue weighted by atomic mass is 9.99. The van der Waals surface area contributed by atoms with Crippen LogP contribution in [0.5, 0.6) is 0 Å². The highest BCUT2D eigenvalue weighted by atomic mass is 16.4. The highest BCUT2D eigenvalue weighted by molar-refractivity contribution is 5.78. The van der Waals surface area contributed by atoms with Gasteiger partial charge in [-0.25, -0.2) is 4.79 Å². The van der Waals surface area contributed by atoms with E-state index in [0.717, 1.165) is 13.1 Å². The summed E-state index contributed by atoms with van der Waals surface area (Å²) in [5.74, 6) is 0.272. The van der Waals surface area contributed by atoms with Crippen molar-refractivity contribution in [3.63, 3.8) is 0 Å². The number of urea groups is 1. The Morgan fingerprint density at radius 2 is 1.58 bits per heavy atom. The minimum absolute atomic E-state index is 0.0588. The average Bonchev–Trinajstić information content (AvgIpc) is 2.99. The van der Waals surface area contributed by atoms with Gasteiger partial charge in [-0.05, 0) is 30.6 Å². The Labute approximate surface area is 113 Å². The van der Waals surface area contributed by atoms with E-state index in [4.69, 9.17) is 5.11 Å². The summed E-state index contributed by atoms with van der Waals surface area (Å²) in [4.78, 5) is 27.3. The smallest absolute Gasteiger partial charge is 0.320 e. The maximum absolute atomic E-state index is 12.5. The lowest BCUT2D eigenvalue weighted by molar-refractivity contribution is -0.142. The predicted octanol–water partition coefficient (Wildman–Crippen LogP) is 1.49. The molecule has 0 bridgehead atoms. The van der Waals surface area contributed by atoms with Crippen LogP contribution >= 0.6 is 0 Å². The fraction of sp³-hybridized carbons (Fsp3) is 0.857. The molecule has 1 aliphatic carbocycles. The lowest BCUT2D eigenvalue weighted by Crippen LogP contribution is -2.41. The fourth-order valence-corrected chi connectivity index (χ4v) is 4.04. The van der Waals surface area contributed by atoms with Crippen molar-refractivity contribution in [1.82, 2.24) is 9.80 Å². The number of fused-ring (bicyclic) bond motifs is 1. The molecule has 0 radical (unpaired) electrons. The quantitative estimate of drug-likeness (QED) is 0.782. The van der Waals surface area contributed by atoms with E-state index in [2.05, 4.69) is 0 Å². The van der Waals surface area contributed by atoms with E-state index in [1.807, 2.05) is 11.8 Å². The van der Waals surface area contributed by atoms with Gasteiger partial charge in [-0.15, -0.1) is 0 Å². The van der Waals surface area contributed by atoms with E-state index < -0.39 is 11.9 Å². The van der Waals surface area contributed by atoms with Gasteiger partial charge in [0.15, 0.2) is 0 Å². The van der Waals surface area contributed by atoms with Crippen LogP contribution in [-0.2, 0) is 4.79 Å². The molecule has 1 N–H and O–H groups in total. The molecule has 2 amide bonds. The fourth-order valence-electron chi connectivity index (χ4n) is 4.04. The van der Waals surface area contributed by atoms with E-state index in [1.165, 1.54) is 19.3 Å². The van der Waals surface area contributed by atoms with Crippen LogP contribution in [-0.4, -0.2) is 53.1 Å². The normalized spacial score (nSPS) is 37.7. The van der Waals surface area contributed by atoms with E-state index >= 15 is 0 Å². The van der Waals surface area contributed by atoms with Crippen LogP contribution in [0.3, 0.4) is 0 Å². The monoisotopic (exact) mass is 266 g/mol. The molecule has 0 spiro atoms. The molecule has 4 atom stereocenters. The zero-order chi connectivity index (χ0) is 13.6. The number of nitrogens with zero attached hydrogens (tertiary/aromatic N) is 2. The highest BCUT2D eigenvalue weighted by Crippen LogP contribution is 2.38. The molecule has 106 valence electrons. The standard InChI is InChI=1S/C14H22N2O3/c1-9-5-15(8-12(9)13(17)18)14(19)16-6-10-3-2-4-11(10)7-16/h9-12H,2-8H2,1H3,(H,17,18). The first kappa shape index (κ1) is 12.8. The van der Waals surface area contributed by atoms with Crippen LogP contribution in [0.15, 0.2) is 0 Å². The van der Waals surface area contributed by atoms with Crippen molar-refractivity contribution in [3.05, 3.63) is 0 Å². The molecule has 2 heterocycles. The van der Waals surface area contributed by atoms with Gasteiger partial charge in [0.05, 0.1) is 5.92 Å². The van der Waals surface area contributed by atoms with Crippen LogP contribution in [0.25, 0.3) is 0 Å². The van der Waals surface area contributed by atoms with Gasteiger partial charge >= 0.3 is 12.0 Å². The largest absolute Gasteiger partial charge is 0.481 e. The summed E-state index contributed by atoms with van der Waals surface area (Å²) in [7, 11) is 0. The molecule has 2 saturated heterocycles. The Morgan fingerprint density at radius 3 is 2.11 bits per heavy atom. The third-order valence-corrected chi connectivity index (χ3v) is 5.20. The Morgan fingerprint density at radius 1 is 1.00 bits per heavy atom. The zero-order valence-electron chi connectivity index (χ0n) is 11.4. The molecule has 2 aliphatic heterocycles. The van der Waals surface area contributed by atoms with Crippen molar-refractivity contribution in [3.8, 4) is 0 Å². The zero-order valence-corrected chi connectivity index (χ0v) is 11.4. The molecule has 1 saturated carbocycles. The van der Waals surface area contributed by atoms with E-state index in [0.29, 0.717) is 24.9 Å². The van der Waals surface area contributed by atoms with Crippen molar-refractivity contribution < 1.29 is 14.7 Å². The van der Waals surface area contributed by atoms with Gasteiger partial charge in [0.25, 0.3) is 0 Å². The summed E-state index contributed by atoms with van der Waals surface area (Å²) in [5, 5.41) is 9.13. The van der Waals surface area contributed by atoms with Crippen LogP contribution in [0, 0.1) is 23.7 Å². The van der Waals surface area contributed by atoms with Crippen LogP contribution in [0.1, 0.15) is 26.2 Å². The second-order valence-corrected chi connectivity index (χ2v) is 6.47. The molecule has 0 aromatic rings. The first-order valence-corrected chi connectivity index (χ1v) is 7.33. The van der Waals surface area contributed by atoms with E-state index in [1.54, 1.807) is 4.90 Å². The Balaban J connectivity index is 1.61. The number of carbonyl (C=O) groups is 2. The van der Waals surface area contributed by atoms with Gasteiger partial charge in [-0.3, -0.25) is 4.79 Å². The molecule has 3 fully saturated rings. The second kappa shape index (κ2) is 4.69. The highest BCUT2D eigenvalue weighted by Gasteiger charge is 2.42. The van der Waals surface area contributed by atoms with Gasteiger partial charge < -0.3 is 14.9 Å². The number of aliphatic carboxylic acids is 1. The Kier molecular flexibility index (Phi) is 3.15. The van der Waals surface area contributed by atoms with E-state index in [9.17, 15) is 9.59 Å².